The van der Waals surface area contributed by atoms with E-state index < -0.39 is 10.0 Å². The summed E-state index contributed by atoms with van der Waals surface area (Å²) in [4.78, 5) is 12.4. The van der Waals surface area contributed by atoms with Gasteiger partial charge in [0, 0.05) is 36.7 Å². The largest absolute Gasteiger partial charge is 0.360 e. The van der Waals surface area contributed by atoms with E-state index in [4.69, 9.17) is 4.52 Å². The molecule has 1 amide bonds. The van der Waals surface area contributed by atoms with Crippen molar-refractivity contribution in [3.05, 3.63) is 17.5 Å². The molecule has 0 spiro atoms. The van der Waals surface area contributed by atoms with Crippen LogP contribution in [0, 0.1) is 0 Å². The monoisotopic (exact) mass is 412 g/mol. The van der Waals surface area contributed by atoms with Gasteiger partial charge in [0.1, 0.15) is 5.76 Å². The molecule has 3 rings (SSSR count). The fourth-order valence-corrected chi connectivity index (χ4v) is 5.44. The van der Waals surface area contributed by atoms with Crippen LogP contribution in [0.15, 0.2) is 10.6 Å². The van der Waals surface area contributed by atoms with Crippen LogP contribution in [0.25, 0.3) is 0 Å². The summed E-state index contributed by atoms with van der Waals surface area (Å²) >= 11 is 0. The Morgan fingerprint density at radius 1 is 1.36 bits per heavy atom. The molecule has 2 fully saturated rings. The molecule has 1 aromatic rings. The quantitative estimate of drug-likeness (QED) is 0.600. The van der Waals surface area contributed by atoms with E-state index in [1.807, 2.05) is 20.8 Å². The summed E-state index contributed by atoms with van der Waals surface area (Å²) in [5.74, 6) is 1.10. The number of carbonyl (C=O) groups excluding carboxylic acids is 1. The molecule has 2 aliphatic rings. The lowest BCUT2D eigenvalue weighted by molar-refractivity contribution is 0.0905. The lowest BCUT2D eigenvalue weighted by atomic mass is 10.0. The fraction of sp³-hybridized carbons (Fsp3) is 0.789. The molecule has 0 bridgehead atoms. The number of hydrogen-bond acceptors (Lipinski definition) is 6. The van der Waals surface area contributed by atoms with Crippen molar-refractivity contribution in [3.8, 4) is 0 Å². The Balaban J connectivity index is 1.47. The minimum Gasteiger partial charge on any atom is -0.360 e. The molecule has 1 aliphatic carbocycles. The second-order valence-corrected chi connectivity index (χ2v) is 10.4. The third-order valence-electron chi connectivity index (χ3n) is 5.38. The van der Waals surface area contributed by atoms with Gasteiger partial charge in [-0.25, -0.2) is 8.42 Å². The zero-order chi connectivity index (χ0) is 20.3. The van der Waals surface area contributed by atoms with Gasteiger partial charge in [-0.05, 0) is 45.6 Å². The van der Waals surface area contributed by atoms with Crippen LogP contribution in [-0.2, 0) is 10.0 Å². The second-order valence-electron chi connectivity index (χ2n) is 8.32. The molecule has 9 heteroatoms. The van der Waals surface area contributed by atoms with Gasteiger partial charge < -0.3 is 15.2 Å². The summed E-state index contributed by atoms with van der Waals surface area (Å²) in [5, 5.41) is 10.1. The average molecular weight is 413 g/mol. The molecule has 158 valence electrons. The van der Waals surface area contributed by atoms with Gasteiger partial charge in [0.05, 0.1) is 5.75 Å². The van der Waals surface area contributed by atoms with Crippen molar-refractivity contribution < 1.29 is 17.7 Å². The molecule has 2 N–H and O–H groups in total. The zero-order valence-corrected chi connectivity index (χ0v) is 17.8. The smallest absolute Gasteiger partial charge is 0.273 e. The molecule has 1 saturated carbocycles. The first-order valence-electron chi connectivity index (χ1n) is 10.3. The fourth-order valence-electron chi connectivity index (χ4n) is 3.67. The van der Waals surface area contributed by atoms with Crippen molar-refractivity contribution >= 4 is 15.9 Å². The highest BCUT2D eigenvalue weighted by Crippen LogP contribution is 2.40. The Labute approximate surface area is 167 Å². The maximum Gasteiger partial charge on any atom is 0.273 e. The number of piperidine rings is 1. The van der Waals surface area contributed by atoms with E-state index in [0.29, 0.717) is 50.0 Å². The maximum absolute atomic E-state index is 12.7. The molecule has 0 aromatic carbocycles. The number of hydrogen-bond donors (Lipinski definition) is 2. The first kappa shape index (κ1) is 21.3. The number of rotatable bonds is 9. The molecule has 1 aliphatic heterocycles. The van der Waals surface area contributed by atoms with Crippen LogP contribution >= 0.6 is 0 Å². The number of nitrogens with one attached hydrogen (secondary N) is 2. The number of aromatic nitrogens is 1. The molecular weight excluding hydrogens is 380 g/mol. The number of sulfonamides is 1. The van der Waals surface area contributed by atoms with E-state index >= 15 is 0 Å². The molecule has 2 atom stereocenters. The van der Waals surface area contributed by atoms with E-state index in [9.17, 15) is 13.2 Å². The minimum atomic E-state index is -3.28. The molecule has 0 radical (unpaired) electrons. The molecule has 1 saturated heterocycles. The number of amides is 1. The van der Waals surface area contributed by atoms with Crippen molar-refractivity contribution in [1.82, 2.24) is 20.1 Å². The highest BCUT2D eigenvalue weighted by molar-refractivity contribution is 7.89. The van der Waals surface area contributed by atoms with E-state index in [1.54, 1.807) is 10.4 Å². The summed E-state index contributed by atoms with van der Waals surface area (Å²) in [6.07, 6.45) is 3.98. The lowest BCUT2D eigenvalue weighted by Crippen LogP contribution is -2.51. The highest BCUT2D eigenvalue weighted by Gasteiger charge is 2.34. The molecule has 1 aromatic heterocycles. The minimum absolute atomic E-state index is 0.0577. The maximum atomic E-state index is 12.7. The Morgan fingerprint density at radius 3 is 2.75 bits per heavy atom. The zero-order valence-electron chi connectivity index (χ0n) is 17.0. The Morgan fingerprint density at radius 2 is 2.11 bits per heavy atom. The normalized spacial score (nSPS) is 23.9. The van der Waals surface area contributed by atoms with Gasteiger partial charge in [0.15, 0.2) is 5.69 Å². The van der Waals surface area contributed by atoms with Gasteiger partial charge in [0.25, 0.3) is 5.91 Å². The standard InChI is InChI=1S/C19H32N4O4S/c1-13(2)20-8-4-10-28(25,26)23-9-7-16(11-14(23)3)21-19(24)17-12-18(27-22-17)15-5-6-15/h12-16,20H,4-11H2,1-3H3,(H,21,24)/t14-,16-/m0/s1. The van der Waals surface area contributed by atoms with Crippen LogP contribution in [0.2, 0.25) is 0 Å². The first-order chi connectivity index (χ1) is 13.3. The van der Waals surface area contributed by atoms with Crippen LogP contribution in [0.4, 0.5) is 0 Å². The summed E-state index contributed by atoms with van der Waals surface area (Å²) in [6.45, 7) is 7.11. The van der Waals surface area contributed by atoms with Gasteiger partial charge >= 0.3 is 0 Å². The van der Waals surface area contributed by atoms with Gasteiger partial charge in [-0.15, -0.1) is 0 Å². The predicted molar refractivity (Wildman–Crippen MR) is 107 cm³/mol. The summed E-state index contributed by atoms with van der Waals surface area (Å²) in [7, 11) is -3.28. The third-order valence-corrected chi connectivity index (χ3v) is 7.44. The lowest BCUT2D eigenvalue weighted by Gasteiger charge is -2.36. The van der Waals surface area contributed by atoms with Crippen molar-refractivity contribution in [1.29, 1.82) is 0 Å². The average Bonchev–Trinajstić information content (AvgIpc) is 3.35. The second kappa shape index (κ2) is 8.92. The van der Waals surface area contributed by atoms with Crippen LogP contribution in [0.5, 0.6) is 0 Å². The molecular formula is C19H32N4O4S. The SMILES string of the molecule is CC(C)NCCCS(=O)(=O)N1CC[C@H](NC(=O)c2cc(C3CC3)on2)C[C@@H]1C. The number of carbonyl (C=O) groups is 1. The number of nitrogens with zero attached hydrogens (tertiary/aromatic N) is 2. The van der Waals surface area contributed by atoms with Crippen LogP contribution in [0.1, 0.15) is 75.0 Å². The molecule has 28 heavy (non-hydrogen) atoms. The Hall–Kier alpha value is -1.45. The van der Waals surface area contributed by atoms with Crippen LogP contribution < -0.4 is 10.6 Å². The molecule has 0 unspecified atom stereocenters. The summed E-state index contributed by atoms with van der Waals surface area (Å²) in [5.41, 5.74) is 0.308. The van der Waals surface area contributed by atoms with Crippen molar-refractivity contribution in [2.24, 2.45) is 0 Å². The Bertz CT molecular complexity index is 773. The first-order valence-corrected chi connectivity index (χ1v) is 11.9. The van der Waals surface area contributed by atoms with Crippen molar-refractivity contribution in [3.63, 3.8) is 0 Å². The topological polar surface area (TPSA) is 105 Å². The molecule has 8 nitrogen and oxygen atoms in total. The van der Waals surface area contributed by atoms with E-state index in [1.165, 1.54) is 0 Å². The van der Waals surface area contributed by atoms with Crippen LogP contribution in [-0.4, -0.2) is 60.8 Å². The Kier molecular flexibility index (Phi) is 6.77. The van der Waals surface area contributed by atoms with E-state index in [0.717, 1.165) is 18.6 Å². The van der Waals surface area contributed by atoms with Gasteiger partial charge in [-0.2, -0.15) is 4.31 Å². The third kappa shape index (κ3) is 5.55. The van der Waals surface area contributed by atoms with Crippen molar-refractivity contribution in [2.75, 3.05) is 18.8 Å². The summed E-state index contributed by atoms with van der Waals surface area (Å²) < 4.78 is 32.1. The van der Waals surface area contributed by atoms with Gasteiger partial charge in [-0.3, -0.25) is 4.79 Å². The highest BCUT2D eigenvalue weighted by atomic mass is 32.2. The summed E-state index contributed by atoms with van der Waals surface area (Å²) in [6, 6.07) is 1.88. The van der Waals surface area contributed by atoms with E-state index in [2.05, 4.69) is 15.8 Å². The van der Waals surface area contributed by atoms with Crippen molar-refractivity contribution in [2.45, 2.75) is 76.9 Å². The molecule has 2 heterocycles. The van der Waals surface area contributed by atoms with Gasteiger partial charge in [0.2, 0.25) is 10.0 Å². The predicted octanol–water partition coefficient (Wildman–Crippen LogP) is 1.85. The van der Waals surface area contributed by atoms with Gasteiger partial charge in [-0.1, -0.05) is 19.0 Å². The van der Waals surface area contributed by atoms with Crippen LogP contribution in [0.3, 0.4) is 0 Å². The van der Waals surface area contributed by atoms with E-state index in [-0.39, 0.29) is 23.7 Å².